The number of carbonyl (C=O) groups excluding carboxylic acids is 2. The normalized spacial score (nSPS) is 28.4. The Hall–Kier alpha value is -1.14. The number of aliphatic hydroxyl groups excluding tert-OH is 1. The van der Waals surface area contributed by atoms with Gasteiger partial charge < -0.3 is 20.6 Å². The van der Waals surface area contributed by atoms with Gasteiger partial charge in [-0.3, -0.25) is 9.59 Å². The number of rotatable bonds is 3. The number of aliphatic hydroxyl groups is 1. The number of nitrogens with one attached hydrogen (secondary N) is 2. The van der Waals surface area contributed by atoms with Crippen molar-refractivity contribution < 1.29 is 14.7 Å². The van der Waals surface area contributed by atoms with Crippen LogP contribution in [0.2, 0.25) is 0 Å². The van der Waals surface area contributed by atoms with Crippen LogP contribution >= 0.6 is 0 Å². The van der Waals surface area contributed by atoms with Gasteiger partial charge in [0.1, 0.15) is 0 Å². The quantitative estimate of drug-likeness (QED) is 0.558. The second-order valence-corrected chi connectivity index (χ2v) is 4.66. The van der Waals surface area contributed by atoms with E-state index >= 15 is 0 Å². The highest BCUT2D eigenvalue weighted by Gasteiger charge is 2.28. The molecule has 0 saturated carbocycles. The molecule has 2 atom stereocenters. The fourth-order valence-electron chi connectivity index (χ4n) is 2.28. The molecule has 2 saturated heterocycles. The molecule has 2 aliphatic heterocycles. The summed E-state index contributed by atoms with van der Waals surface area (Å²) >= 11 is 0. The Morgan fingerprint density at radius 1 is 1.35 bits per heavy atom. The highest BCUT2D eigenvalue weighted by atomic mass is 16.3. The molecule has 0 radical (unpaired) electrons. The molecule has 0 bridgehead atoms. The third-order valence-electron chi connectivity index (χ3n) is 3.30. The first-order valence-corrected chi connectivity index (χ1v) is 6.14. The lowest BCUT2D eigenvalue weighted by Gasteiger charge is -2.16. The maximum Gasteiger partial charge on any atom is 0.241 e. The summed E-state index contributed by atoms with van der Waals surface area (Å²) in [4.78, 5) is 25.1. The molecule has 2 aliphatic rings. The van der Waals surface area contributed by atoms with Crippen LogP contribution in [-0.2, 0) is 9.59 Å². The predicted molar refractivity (Wildman–Crippen MR) is 61.2 cm³/mol. The summed E-state index contributed by atoms with van der Waals surface area (Å²) in [6.07, 6.45) is 2.07. The molecule has 2 rings (SSSR count). The third-order valence-corrected chi connectivity index (χ3v) is 3.30. The van der Waals surface area contributed by atoms with Crippen molar-refractivity contribution in [2.24, 2.45) is 0 Å². The first-order valence-electron chi connectivity index (χ1n) is 6.14. The Balaban J connectivity index is 1.70. The summed E-state index contributed by atoms with van der Waals surface area (Å²) in [6, 6.07) is -0.364. The smallest absolute Gasteiger partial charge is 0.241 e. The van der Waals surface area contributed by atoms with E-state index in [2.05, 4.69) is 10.6 Å². The van der Waals surface area contributed by atoms with Crippen LogP contribution in [0.15, 0.2) is 0 Å². The predicted octanol–water partition coefficient (Wildman–Crippen LogP) is -1.55. The van der Waals surface area contributed by atoms with Crippen LogP contribution in [0.1, 0.15) is 19.3 Å². The van der Waals surface area contributed by atoms with Crippen molar-refractivity contribution in [2.45, 2.75) is 31.4 Å². The molecular weight excluding hydrogens is 222 g/mol. The van der Waals surface area contributed by atoms with Gasteiger partial charge in [0.25, 0.3) is 0 Å². The zero-order chi connectivity index (χ0) is 12.3. The second-order valence-electron chi connectivity index (χ2n) is 4.66. The van der Waals surface area contributed by atoms with Crippen molar-refractivity contribution in [3.8, 4) is 0 Å². The van der Waals surface area contributed by atoms with Crippen LogP contribution in [-0.4, -0.2) is 60.1 Å². The van der Waals surface area contributed by atoms with Gasteiger partial charge in [0.2, 0.25) is 11.8 Å². The molecule has 0 spiro atoms. The zero-order valence-electron chi connectivity index (χ0n) is 9.82. The van der Waals surface area contributed by atoms with Crippen LogP contribution in [0, 0.1) is 0 Å². The van der Waals surface area contributed by atoms with E-state index in [0.29, 0.717) is 13.0 Å². The molecule has 2 heterocycles. The van der Waals surface area contributed by atoms with Gasteiger partial charge in [-0.25, -0.2) is 0 Å². The molecule has 2 unspecified atom stereocenters. The van der Waals surface area contributed by atoms with Crippen LogP contribution in [0.3, 0.4) is 0 Å². The summed E-state index contributed by atoms with van der Waals surface area (Å²) in [6.45, 7) is 2.11. The third kappa shape index (κ3) is 3.17. The Morgan fingerprint density at radius 2 is 2.06 bits per heavy atom. The summed E-state index contributed by atoms with van der Waals surface area (Å²) in [5.74, 6) is -0.219. The number of hydrogen-bond donors (Lipinski definition) is 3. The molecular formula is C11H19N3O3. The second kappa shape index (κ2) is 5.46. The fourth-order valence-corrected chi connectivity index (χ4v) is 2.28. The highest BCUT2D eigenvalue weighted by Crippen LogP contribution is 2.08. The van der Waals surface area contributed by atoms with Crippen molar-refractivity contribution in [2.75, 3.05) is 26.2 Å². The van der Waals surface area contributed by atoms with Crippen molar-refractivity contribution in [1.82, 2.24) is 15.5 Å². The number of nitrogens with zero attached hydrogens (tertiary/aromatic N) is 1. The largest absolute Gasteiger partial charge is 0.392 e. The SMILES string of the molecule is O=C(NCC(=O)N1CCCC1)C1CC(O)CN1. The fraction of sp³-hybridized carbons (Fsp3) is 0.818. The van der Waals surface area contributed by atoms with Gasteiger partial charge >= 0.3 is 0 Å². The Labute approximate surface area is 100 Å². The van der Waals surface area contributed by atoms with E-state index in [-0.39, 0.29) is 24.4 Å². The summed E-state index contributed by atoms with van der Waals surface area (Å²) in [7, 11) is 0. The number of hydrogen-bond acceptors (Lipinski definition) is 4. The molecule has 0 aromatic rings. The van der Waals surface area contributed by atoms with Crippen molar-refractivity contribution in [1.29, 1.82) is 0 Å². The number of amides is 2. The lowest BCUT2D eigenvalue weighted by Crippen LogP contribution is -2.45. The number of β-amino-alcohol motifs (C(OH)–C–C–N with tert-alkyl or cyclic N) is 1. The van der Waals surface area contributed by atoms with E-state index in [0.717, 1.165) is 25.9 Å². The van der Waals surface area contributed by atoms with E-state index in [1.54, 1.807) is 4.90 Å². The molecule has 0 aliphatic carbocycles. The molecule has 0 aromatic carbocycles. The lowest BCUT2D eigenvalue weighted by atomic mass is 10.2. The molecule has 17 heavy (non-hydrogen) atoms. The molecule has 6 nitrogen and oxygen atoms in total. The van der Waals surface area contributed by atoms with Crippen LogP contribution in [0.5, 0.6) is 0 Å². The van der Waals surface area contributed by atoms with Crippen molar-refractivity contribution in [3.63, 3.8) is 0 Å². The molecule has 2 amide bonds. The highest BCUT2D eigenvalue weighted by molar-refractivity contribution is 5.87. The van der Waals surface area contributed by atoms with Crippen LogP contribution < -0.4 is 10.6 Å². The maximum absolute atomic E-state index is 11.7. The van der Waals surface area contributed by atoms with Crippen LogP contribution in [0.4, 0.5) is 0 Å². The van der Waals surface area contributed by atoms with Gasteiger partial charge in [-0.15, -0.1) is 0 Å². The lowest BCUT2D eigenvalue weighted by molar-refractivity contribution is -0.132. The van der Waals surface area contributed by atoms with E-state index in [1.807, 2.05) is 0 Å². The average Bonchev–Trinajstić information content (AvgIpc) is 2.95. The minimum absolute atomic E-state index is 0.0191. The van der Waals surface area contributed by atoms with E-state index < -0.39 is 6.10 Å². The maximum atomic E-state index is 11.7. The minimum Gasteiger partial charge on any atom is -0.392 e. The summed E-state index contributed by atoms with van der Waals surface area (Å²) < 4.78 is 0. The molecule has 96 valence electrons. The van der Waals surface area contributed by atoms with E-state index in [1.165, 1.54) is 0 Å². The molecule has 6 heteroatoms. The van der Waals surface area contributed by atoms with Gasteiger partial charge in [0, 0.05) is 19.6 Å². The molecule has 3 N–H and O–H groups in total. The van der Waals surface area contributed by atoms with Crippen LogP contribution in [0.25, 0.3) is 0 Å². The minimum atomic E-state index is -0.458. The van der Waals surface area contributed by atoms with Gasteiger partial charge in [-0.1, -0.05) is 0 Å². The summed E-state index contributed by atoms with van der Waals surface area (Å²) in [5.41, 5.74) is 0. The standard InChI is InChI=1S/C11H19N3O3/c15-8-5-9(12-6-8)11(17)13-7-10(16)14-3-1-2-4-14/h8-9,12,15H,1-7H2,(H,13,17). The summed E-state index contributed by atoms with van der Waals surface area (Å²) in [5, 5.41) is 14.8. The Morgan fingerprint density at radius 3 is 2.65 bits per heavy atom. The van der Waals surface area contributed by atoms with E-state index in [9.17, 15) is 14.7 Å². The average molecular weight is 241 g/mol. The first-order chi connectivity index (χ1) is 8.16. The number of carbonyl (C=O) groups is 2. The Bertz CT molecular complexity index is 302. The monoisotopic (exact) mass is 241 g/mol. The van der Waals surface area contributed by atoms with Gasteiger partial charge in [-0.05, 0) is 19.3 Å². The van der Waals surface area contributed by atoms with Crippen molar-refractivity contribution >= 4 is 11.8 Å². The number of likely N-dealkylation sites (tertiary alicyclic amines) is 1. The molecule has 0 aromatic heterocycles. The van der Waals surface area contributed by atoms with Gasteiger partial charge in [0.05, 0.1) is 18.7 Å². The zero-order valence-corrected chi connectivity index (χ0v) is 9.82. The van der Waals surface area contributed by atoms with Gasteiger partial charge in [0.15, 0.2) is 0 Å². The van der Waals surface area contributed by atoms with E-state index in [4.69, 9.17) is 0 Å². The Kier molecular flexibility index (Phi) is 3.96. The first kappa shape index (κ1) is 12.3. The van der Waals surface area contributed by atoms with Gasteiger partial charge in [-0.2, -0.15) is 0 Å². The van der Waals surface area contributed by atoms with Crippen molar-refractivity contribution in [3.05, 3.63) is 0 Å². The molecule has 2 fully saturated rings. The topological polar surface area (TPSA) is 81.7 Å².